The van der Waals surface area contributed by atoms with Crippen LogP contribution in [0, 0.1) is 6.92 Å². The van der Waals surface area contributed by atoms with Gasteiger partial charge in [0.25, 0.3) is 0 Å². The Morgan fingerprint density at radius 2 is 1.60 bits per heavy atom. The molecule has 0 atom stereocenters. The number of benzene rings is 2. The van der Waals surface area contributed by atoms with E-state index in [4.69, 9.17) is 10.5 Å². The second-order valence-electron chi connectivity index (χ2n) is 3.44. The van der Waals surface area contributed by atoms with E-state index in [-0.39, 0.29) is 0 Å². The van der Waals surface area contributed by atoms with Crippen molar-refractivity contribution in [2.45, 2.75) is 6.92 Å². The zero-order valence-corrected chi connectivity index (χ0v) is 8.60. The standard InChI is InChI=1S/C13H13NO/c1-10-4-2-3-5-13(10)15-12-8-6-11(14)7-9-12/h2-9H,14H2,1H3. The molecule has 0 radical (unpaired) electrons. The Kier molecular flexibility index (Phi) is 2.59. The molecule has 0 bridgehead atoms. The molecule has 0 saturated heterocycles. The molecule has 0 amide bonds. The molecule has 0 aromatic heterocycles. The lowest BCUT2D eigenvalue weighted by Gasteiger charge is -2.08. The zero-order chi connectivity index (χ0) is 10.7. The van der Waals surface area contributed by atoms with Crippen molar-refractivity contribution in [2.24, 2.45) is 0 Å². The minimum absolute atomic E-state index is 0.743. The Balaban J connectivity index is 2.22. The van der Waals surface area contributed by atoms with E-state index in [1.165, 1.54) is 0 Å². The number of hydrogen-bond donors (Lipinski definition) is 1. The van der Waals surface area contributed by atoms with Gasteiger partial charge in [0, 0.05) is 5.69 Å². The summed E-state index contributed by atoms with van der Waals surface area (Å²) in [5, 5.41) is 0. The summed E-state index contributed by atoms with van der Waals surface area (Å²) >= 11 is 0. The quantitative estimate of drug-likeness (QED) is 0.752. The van der Waals surface area contributed by atoms with Gasteiger partial charge in [-0.15, -0.1) is 0 Å². The number of ether oxygens (including phenoxy) is 1. The van der Waals surface area contributed by atoms with Crippen molar-refractivity contribution in [3.63, 3.8) is 0 Å². The summed E-state index contributed by atoms with van der Waals surface area (Å²) in [4.78, 5) is 0. The maximum absolute atomic E-state index is 5.71. The highest BCUT2D eigenvalue weighted by molar-refractivity contribution is 5.44. The van der Waals surface area contributed by atoms with Crippen molar-refractivity contribution in [2.75, 3.05) is 5.73 Å². The molecule has 0 aliphatic heterocycles. The van der Waals surface area contributed by atoms with Crippen LogP contribution < -0.4 is 10.5 Å². The van der Waals surface area contributed by atoms with E-state index in [2.05, 4.69) is 0 Å². The van der Waals surface area contributed by atoms with Crippen LogP contribution in [0.15, 0.2) is 48.5 Å². The molecule has 0 fully saturated rings. The molecule has 2 nitrogen and oxygen atoms in total. The Bertz CT molecular complexity index is 448. The largest absolute Gasteiger partial charge is 0.457 e. The number of rotatable bonds is 2. The highest BCUT2D eigenvalue weighted by atomic mass is 16.5. The maximum Gasteiger partial charge on any atom is 0.130 e. The molecule has 2 rings (SSSR count). The van der Waals surface area contributed by atoms with Crippen molar-refractivity contribution >= 4 is 5.69 Å². The molecule has 2 aromatic rings. The normalized spacial score (nSPS) is 9.93. The zero-order valence-electron chi connectivity index (χ0n) is 8.60. The van der Waals surface area contributed by atoms with Crippen molar-refractivity contribution < 1.29 is 4.74 Å². The summed E-state index contributed by atoms with van der Waals surface area (Å²) in [7, 11) is 0. The number of aryl methyl sites for hydroxylation is 1. The number of para-hydroxylation sites is 1. The molecular weight excluding hydrogens is 186 g/mol. The lowest BCUT2D eigenvalue weighted by Crippen LogP contribution is -1.88. The van der Waals surface area contributed by atoms with Gasteiger partial charge in [-0.05, 0) is 42.8 Å². The fourth-order valence-corrected chi connectivity index (χ4v) is 1.33. The molecular formula is C13H13NO. The summed E-state index contributed by atoms with van der Waals surface area (Å²) in [5.41, 5.74) is 7.46. The van der Waals surface area contributed by atoms with Gasteiger partial charge in [-0.1, -0.05) is 18.2 Å². The smallest absolute Gasteiger partial charge is 0.130 e. The van der Waals surface area contributed by atoms with Crippen LogP contribution in [-0.2, 0) is 0 Å². The van der Waals surface area contributed by atoms with E-state index >= 15 is 0 Å². The van der Waals surface area contributed by atoms with Gasteiger partial charge in [0.15, 0.2) is 0 Å². The highest BCUT2D eigenvalue weighted by Gasteiger charge is 1.99. The molecule has 2 aromatic carbocycles. The van der Waals surface area contributed by atoms with Crippen molar-refractivity contribution in [3.05, 3.63) is 54.1 Å². The van der Waals surface area contributed by atoms with E-state index in [0.717, 1.165) is 22.7 Å². The lowest BCUT2D eigenvalue weighted by atomic mass is 10.2. The van der Waals surface area contributed by atoms with Crippen molar-refractivity contribution in [1.82, 2.24) is 0 Å². The van der Waals surface area contributed by atoms with Gasteiger partial charge in [0.05, 0.1) is 0 Å². The van der Waals surface area contributed by atoms with E-state index in [1.807, 2.05) is 55.5 Å². The average molecular weight is 199 g/mol. The molecule has 76 valence electrons. The minimum Gasteiger partial charge on any atom is -0.457 e. The van der Waals surface area contributed by atoms with Crippen LogP contribution in [0.3, 0.4) is 0 Å². The Hall–Kier alpha value is -1.96. The number of nitrogen functional groups attached to an aromatic ring is 1. The van der Waals surface area contributed by atoms with Crippen LogP contribution in [0.25, 0.3) is 0 Å². The molecule has 0 saturated carbocycles. The van der Waals surface area contributed by atoms with Crippen LogP contribution in [-0.4, -0.2) is 0 Å². The SMILES string of the molecule is Cc1ccccc1Oc1ccc(N)cc1. The van der Waals surface area contributed by atoms with Crippen molar-refractivity contribution in [1.29, 1.82) is 0 Å². The topological polar surface area (TPSA) is 35.2 Å². The van der Waals surface area contributed by atoms with Gasteiger partial charge in [-0.25, -0.2) is 0 Å². The first kappa shape index (κ1) is 9.59. The van der Waals surface area contributed by atoms with Gasteiger partial charge in [0.1, 0.15) is 11.5 Å². The van der Waals surface area contributed by atoms with Gasteiger partial charge in [-0.3, -0.25) is 0 Å². The molecule has 0 aliphatic carbocycles. The van der Waals surface area contributed by atoms with E-state index in [1.54, 1.807) is 0 Å². The van der Waals surface area contributed by atoms with Crippen LogP contribution >= 0.6 is 0 Å². The highest BCUT2D eigenvalue weighted by Crippen LogP contribution is 2.24. The monoisotopic (exact) mass is 199 g/mol. The van der Waals surface area contributed by atoms with Gasteiger partial charge < -0.3 is 10.5 Å². The third kappa shape index (κ3) is 2.29. The van der Waals surface area contributed by atoms with E-state index in [9.17, 15) is 0 Å². The van der Waals surface area contributed by atoms with Gasteiger partial charge >= 0.3 is 0 Å². The predicted molar refractivity (Wildman–Crippen MR) is 62.1 cm³/mol. The molecule has 0 spiro atoms. The molecule has 0 aliphatic rings. The maximum atomic E-state index is 5.71. The average Bonchev–Trinajstić information content (AvgIpc) is 2.25. The second-order valence-corrected chi connectivity index (χ2v) is 3.44. The first-order valence-electron chi connectivity index (χ1n) is 4.85. The van der Waals surface area contributed by atoms with Crippen LogP contribution in [0.5, 0.6) is 11.5 Å². The number of anilines is 1. The van der Waals surface area contributed by atoms with Crippen LogP contribution in [0.2, 0.25) is 0 Å². The predicted octanol–water partition coefficient (Wildman–Crippen LogP) is 3.37. The molecule has 2 N–H and O–H groups in total. The summed E-state index contributed by atoms with van der Waals surface area (Å²) in [6.45, 7) is 2.02. The van der Waals surface area contributed by atoms with Crippen molar-refractivity contribution in [3.8, 4) is 11.5 Å². The van der Waals surface area contributed by atoms with Gasteiger partial charge in [0.2, 0.25) is 0 Å². The molecule has 0 heterocycles. The summed E-state index contributed by atoms with van der Waals surface area (Å²) in [6.07, 6.45) is 0. The Morgan fingerprint density at radius 3 is 2.27 bits per heavy atom. The summed E-state index contributed by atoms with van der Waals surface area (Å²) < 4.78 is 5.71. The van der Waals surface area contributed by atoms with E-state index in [0.29, 0.717) is 0 Å². The second kappa shape index (κ2) is 4.05. The first-order valence-corrected chi connectivity index (χ1v) is 4.85. The summed E-state index contributed by atoms with van der Waals surface area (Å²) in [6, 6.07) is 15.3. The Morgan fingerprint density at radius 1 is 0.933 bits per heavy atom. The van der Waals surface area contributed by atoms with Crippen LogP contribution in [0.4, 0.5) is 5.69 Å². The first-order chi connectivity index (χ1) is 7.25. The third-order valence-electron chi connectivity index (χ3n) is 2.20. The lowest BCUT2D eigenvalue weighted by molar-refractivity contribution is 0.479. The Labute approximate surface area is 89.3 Å². The molecule has 0 unspecified atom stereocenters. The fourth-order valence-electron chi connectivity index (χ4n) is 1.33. The molecule has 15 heavy (non-hydrogen) atoms. The third-order valence-corrected chi connectivity index (χ3v) is 2.20. The number of nitrogens with two attached hydrogens (primary N) is 1. The molecule has 2 heteroatoms. The fraction of sp³-hybridized carbons (Fsp3) is 0.0769. The van der Waals surface area contributed by atoms with E-state index < -0.39 is 0 Å². The van der Waals surface area contributed by atoms with Crippen LogP contribution in [0.1, 0.15) is 5.56 Å². The minimum atomic E-state index is 0.743. The number of hydrogen-bond acceptors (Lipinski definition) is 2. The summed E-state index contributed by atoms with van der Waals surface area (Å²) in [5.74, 6) is 1.68. The van der Waals surface area contributed by atoms with Gasteiger partial charge in [-0.2, -0.15) is 0 Å².